The van der Waals surface area contributed by atoms with Crippen LogP contribution in [0.3, 0.4) is 0 Å². The number of ether oxygens (including phenoxy) is 1. The van der Waals surface area contributed by atoms with Crippen LogP contribution < -0.4 is 0 Å². The molecule has 2 aromatic heterocycles. The maximum absolute atomic E-state index is 5.77. The highest BCUT2D eigenvalue weighted by atomic mass is 16.5. The van der Waals surface area contributed by atoms with E-state index >= 15 is 0 Å². The van der Waals surface area contributed by atoms with Crippen molar-refractivity contribution < 1.29 is 4.74 Å². The molecule has 0 bridgehead atoms. The molecule has 0 N–H and O–H groups in total. The molecule has 0 radical (unpaired) electrons. The monoisotopic (exact) mass is 584 g/mol. The third-order valence-electron chi connectivity index (χ3n) is 8.96. The van der Waals surface area contributed by atoms with Gasteiger partial charge in [-0.1, -0.05) is 84.9 Å². The van der Waals surface area contributed by atoms with Crippen molar-refractivity contribution in [1.82, 2.24) is 9.13 Å². The third kappa shape index (κ3) is 4.90. The van der Waals surface area contributed by atoms with Gasteiger partial charge in [0.25, 0.3) is 0 Å². The second-order valence-electron chi connectivity index (χ2n) is 12.2. The minimum Gasteiger partial charge on any atom is -0.379 e. The first-order valence-electron chi connectivity index (χ1n) is 16.0. The van der Waals surface area contributed by atoms with Gasteiger partial charge in [0.15, 0.2) is 0 Å². The summed E-state index contributed by atoms with van der Waals surface area (Å²) in [7, 11) is 0. The summed E-state index contributed by atoms with van der Waals surface area (Å²) in [6.45, 7) is 4.99. The minimum absolute atomic E-state index is 0.280. The first-order chi connectivity index (χ1) is 22.2. The highest BCUT2D eigenvalue weighted by Gasteiger charge is 2.14. The van der Waals surface area contributed by atoms with Crippen molar-refractivity contribution in [2.24, 2.45) is 0 Å². The number of aryl methyl sites for hydroxylation is 1. The van der Waals surface area contributed by atoms with Gasteiger partial charge in [0, 0.05) is 39.5 Å². The molecule has 0 atom stereocenters. The van der Waals surface area contributed by atoms with E-state index in [2.05, 4.69) is 163 Å². The fourth-order valence-electron chi connectivity index (χ4n) is 6.86. The summed E-state index contributed by atoms with van der Waals surface area (Å²) in [6, 6.07) is 50.9. The number of benzene rings is 6. The molecule has 0 spiro atoms. The molecule has 6 aromatic carbocycles. The van der Waals surface area contributed by atoms with Crippen LogP contribution in [0, 0.1) is 0 Å². The summed E-state index contributed by atoms with van der Waals surface area (Å²) in [5.41, 5.74) is 11.0. The smallest absolute Gasteiger partial charge is 0.0541 e. The number of aromatic nitrogens is 2. The maximum atomic E-state index is 5.77. The Labute approximate surface area is 263 Å². The van der Waals surface area contributed by atoms with Gasteiger partial charge in [-0.15, -0.1) is 0 Å². The zero-order valence-electron chi connectivity index (χ0n) is 25.8. The van der Waals surface area contributed by atoms with E-state index in [1.54, 1.807) is 0 Å². The summed E-state index contributed by atoms with van der Waals surface area (Å²) in [5.74, 6) is 0. The molecular weight excluding hydrogens is 548 g/mol. The summed E-state index contributed by atoms with van der Waals surface area (Å²) in [5, 5.41) is 5.16. The molecule has 0 fully saturated rings. The summed E-state index contributed by atoms with van der Waals surface area (Å²) >= 11 is 0. The molecule has 3 nitrogen and oxygen atoms in total. The third-order valence-corrected chi connectivity index (χ3v) is 8.96. The summed E-state index contributed by atoms with van der Waals surface area (Å²) in [4.78, 5) is 0. The SMILES string of the molecule is CC(C)OCCCc1ccc2c(c1)c1ccccc1n2-c1ccc(-c2ccc(-n3c4ccccc4c4ccccc43)cc2)cc1. The molecule has 45 heavy (non-hydrogen) atoms. The fraction of sp³-hybridized carbons (Fsp3) is 0.143. The van der Waals surface area contributed by atoms with E-state index in [9.17, 15) is 0 Å². The van der Waals surface area contributed by atoms with Crippen LogP contribution in [0.1, 0.15) is 25.8 Å². The molecule has 220 valence electrons. The van der Waals surface area contributed by atoms with Gasteiger partial charge in [-0.2, -0.15) is 0 Å². The number of para-hydroxylation sites is 3. The molecule has 3 heteroatoms. The molecule has 0 unspecified atom stereocenters. The topological polar surface area (TPSA) is 19.1 Å². The van der Waals surface area contributed by atoms with Gasteiger partial charge >= 0.3 is 0 Å². The lowest BCUT2D eigenvalue weighted by Crippen LogP contribution is -2.04. The average Bonchev–Trinajstić information content (AvgIpc) is 3.60. The molecule has 0 aliphatic heterocycles. The van der Waals surface area contributed by atoms with Gasteiger partial charge < -0.3 is 13.9 Å². The lowest BCUT2D eigenvalue weighted by Gasteiger charge is -2.11. The van der Waals surface area contributed by atoms with Gasteiger partial charge in [0.1, 0.15) is 0 Å². The van der Waals surface area contributed by atoms with E-state index in [1.165, 1.54) is 71.7 Å². The van der Waals surface area contributed by atoms with Crippen molar-refractivity contribution in [3.63, 3.8) is 0 Å². The Bertz CT molecular complexity index is 2230. The van der Waals surface area contributed by atoms with E-state index in [0.29, 0.717) is 0 Å². The highest BCUT2D eigenvalue weighted by Crippen LogP contribution is 2.35. The van der Waals surface area contributed by atoms with Gasteiger partial charge in [-0.05, 0) is 98.0 Å². The zero-order chi connectivity index (χ0) is 30.3. The molecule has 8 rings (SSSR count). The molecule has 0 aliphatic rings. The van der Waals surface area contributed by atoms with E-state index in [0.717, 1.165) is 19.4 Å². The van der Waals surface area contributed by atoms with Gasteiger partial charge in [0.05, 0.1) is 28.2 Å². The number of hydrogen-bond acceptors (Lipinski definition) is 1. The van der Waals surface area contributed by atoms with Crippen LogP contribution in [0.15, 0.2) is 140 Å². The van der Waals surface area contributed by atoms with Crippen molar-refractivity contribution in [2.45, 2.75) is 32.8 Å². The van der Waals surface area contributed by atoms with Crippen LogP contribution in [-0.2, 0) is 11.2 Å². The van der Waals surface area contributed by atoms with E-state index in [1.807, 2.05) is 0 Å². The fourth-order valence-corrected chi connectivity index (χ4v) is 6.86. The van der Waals surface area contributed by atoms with Crippen LogP contribution in [0.2, 0.25) is 0 Å². The summed E-state index contributed by atoms with van der Waals surface area (Å²) < 4.78 is 10.5. The molecule has 2 heterocycles. The Morgan fingerprint density at radius 1 is 0.489 bits per heavy atom. The highest BCUT2D eigenvalue weighted by molar-refractivity contribution is 6.10. The second kappa shape index (κ2) is 11.4. The Balaban J connectivity index is 1.11. The quantitative estimate of drug-likeness (QED) is 0.163. The molecule has 8 aromatic rings. The van der Waals surface area contributed by atoms with Crippen LogP contribution >= 0.6 is 0 Å². The van der Waals surface area contributed by atoms with E-state index in [4.69, 9.17) is 4.74 Å². The zero-order valence-corrected chi connectivity index (χ0v) is 25.8. The molecule has 0 saturated carbocycles. The molecule has 0 amide bonds. The Kier molecular flexibility index (Phi) is 6.96. The normalized spacial score (nSPS) is 11.9. The Hall–Kier alpha value is -5.12. The van der Waals surface area contributed by atoms with Crippen LogP contribution in [0.25, 0.3) is 66.1 Å². The van der Waals surface area contributed by atoms with Crippen molar-refractivity contribution in [2.75, 3.05) is 6.61 Å². The van der Waals surface area contributed by atoms with Crippen molar-refractivity contribution in [1.29, 1.82) is 0 Å². The first-order valence-corrected chi connectivity index (χ1v) is 16.0. The van der Waals surface area contributed by atoms with Crippen LogP contribution in [-0.4, -0.2) is 21.8 Å². The number of fused-ring (bicyclic) bond motifs is 6. The van der Waals surface area contributed by atoms with Gasteiger partial charge in [-0.25, -0.2) is 0 Å². The number of nitrogens with zero attached hydrogens (tertiary/aromatic N) is 2. The number of hydrogen-bond donors (Lipinski definition) is 0. The largest absolute Gasteiger partial charge is 0.379 e. The predicted molar refractivity (Wildman–Crippen MR) is 190 cm³/mol. The number of rotatable bonds is 8. The summed E-state index contributed by atoms with van der Waals surface area (Å²) in [6.07, 6.45) is 2.33. The van der Waals surface area contributed by atoms with Crippen LogP contribution in [0.5, 0.6) is 0 Å². The maximum Gasteiger partial charge on any atom is 0.0541 e. The molecular formula is C42H36N2O. The standard InChI is InChI=1S/C42H36N2O/c1-29(2)45-27-9-10-30-17-26-42-38(28-30)37-13-5-8-16-41(37)44(42)34-24-20-32(21-25-34)31-18-22-33(23-19-31)43-39-14-6-3-11-35(39)36-12-4-7-15-40(36)43/h3-8,11-26,28-29H,9-10,27H2,1-2H3. The Morgan fingerprint density at radius 2 is 0.933 bits per heavy atom. The van der Waals surface area contributed by atoms with Crippen molar-refractivity contribution in [3.8, 4) is 22.5 Å². The lowest BCUT2D eigenvalue weighted by atomic mass is 10.0. The predicted octanol–water partition coefficient (Wildman–Crippen LogP) is 10.9. The van der Waals surface area contributed by atoms with Crippen LogP contribution in [0.4, 0.5) is 0 Å². The Morgan fingerprint density at radius 3 is 1.42 bits per heavy atom. The minimum atomic E-state index is 0.280. The molecule has 0 saturated heterocycles. The van der Waals surface area contributed by atoms with Crippen molar-refractivity contribution in [3.05, 3.63) is 145 Å². The second-order valence-corrected chi connectivity index (χ2v) is 12.2. The van der Waals surface area contributed by atoms with E-state index in [-0.39, 0.29) is 6.10 Å². The average molecular weight is 585 g/mol. The van der Waals surface area contributed by atoms with Gasteiger partial charge in [-0.3, -0.25) is 0 Å². The van der Waals surface area contributed by atoms with E-state index < -0.39 is 0 Å². The van der Waals surface area contributed by atoms with Crippen molar-refractivity contribution >= 4 is 43.6 Å². The lowest BCUT2D eigenvalue weighted by molar-refractivity contribution is 0.0772. The van der Waals surface area contributed by atoms with Gasteiger partial charge in [0.2, 0.25) is 0 Å². The first kappa shape index (κ1) is 27.4. The molecule has 0 aliphatic carbocycles.